The Balaban J connectivity index is 1.40. The Kier molecular flexibility index (Phi) is 5.27. The number of rotatable bonds is 4. The fraction of sp³-hybridized carbons (Fsp3) is 0.421. The van der Waals surface area contributed by atoms with Gasteiger partial charge < -0.3 is 0 Å². The number of hydrogen-bond donors (Lipinski definition) is 0. The van der Waals surface area contributed by atoms with Crippen molar-refractivity contribution in [3.05, 3.63) is 57.1 Å². The van der Waals surface area contributed by atoms with E-state index in [-0.39, 0.29) is 0 Å². The van der Waals surface area contributed by atoms with Crippen LogP contribution in [0.25, 0.3) is 5.78 Å². The van der Waals surface area contributed by atoms with Gasteiger partial charge in [-0.05, 0) is 49.8 Å². The molecule has 4 rings (SSSR count). The molecule has 0 bridgehead atoms. The van der Waals surface area contributed by atoms with Crippen LogP contribution in [-0.2, 0) is 13.2 Å². The molecule has 1 aromatic carbocycles. The van der Waals surface area contributed by atoms with Gasteiger partial charge >= 0.3 is 0 Å². The fourth-order valence-corrected chi connectivity index (χ4v) is 4.00. The fourth-order valence-electron chi connectivity index (χ4n) is 3.55. The van der Waals surface area contributed by atoms with Gasteiger partial charge in [-0.3, -0.25) is 14.2 Å². The van der Waals surface area contributed by atoms with Crippen molar-refractivity contribution in [2.75, 3.05) is 26.2 Å². The average molecular weight is 403 g/mol. The Morgan fingerprint density at radius 2 is 1.70 bits per heavy atom. The Morgan fingerprint density at radius 3 is 2.41 bits per heavy atom. The van der Waals surface area contributed by atoms with Gasteiger partial charge in [-0.25, -0.2) is 9.67 Å². The van der Waals surface area contributed by atoms with E-state index in [0.29, 0.717) is 17.2 Å². The Bertz CT molecular complexity index is 1000. The van der Waals surface area contributed by atoms with E-state index >= 15 is 0 Å². The number of hydrogen-bond acceptors (Lipinski definition) is 5. The molecular formula is C19H23ClN6S. The van der Waals surface area contributed by atoms with Crippen molar-refractivity contribution in [2.45, 2.75) is 27.1 Å². The molecule has 1 aliphatic heterocycles. The molecule has 27 heavy (non-hydrogen) atoms. The van der Waals surface area contributed by atoms with Gasteiger partial charge in [0.1, 0.15) is 0 Å². The summed E-state index contributed by atoms with van der Waals surface area (Å²) in [5.74, 6) is 0.680. The normalized spacial score (nSPS) is 16.3. The third-order valence-electron chi connectivity index (χ3n) is 4.99. The second-order valence-corrected chi connectivity index (χ2v) is 7.92. The summed E-state index contributed by atoms with van der Waals surface area (Å²) in [5.41, 5.74) is 3.33. The molecule has 0 aliphatic carbocycles. The number of benzene rings is 1. The zero-order chi connectivity index (χ0) is 19.0. The lowest BCUT2D eigenvalue weighted by molar-refractivity contribution is 0.0982. The summed E-state index contributed by atoms with van der Waals surface area (Å²) in [6.07, 6.45) is 0. The second-order valence-electron chi connectivity index (χ2n) is 7.12. The maximum absolute atomic E-state index is 5.97. The molecule has 0 atom stereocenters. The van der Waals surface area contributed by atoms with Crippen LogP contribution in [0.3, 0.4) is 0 Å². The van der Waals surface area contributed by atoms with Crippen molar-refractivity contribution in [1.29, 1.82) is 0 Å². The summed E-state index contributed by atoms with van der Waals surface area (Å²) in [5, 5.41) is 5.40. The van der Waals surface area contributed by atoms with E-state index in [1.165, 1.54) is 5.56 Å². The first-order chi connectivity index (χ1) is 13.0. The molecule has 0 unspecified atom stereocenters. The number of nitrogens with zero attached hydrogens (tertiary/aromatic N) is 6. The lowest BCUT2D eigenvalue weighted by Crippen LogP contribution is -2.46. The lowest BCUT2D eigenvalue weighted by Gasteiger charge is -2.34. The smallest absolute Gasteiger partial charge is 0.254 e. The van der Waals surface area contributed by atoms with Crippen molar-refractivity contribution in [1.82, 2.24) is 29.0 Å². The van der Waals surface area contributed by atoms with Gasteiger partial charge in [0.25, 0.3) is 5.78 Å². The predicted octanol–water partition coefficient (Wildman–Crippen LogP) is 3.31. The van der Waals surface area contributed by atoms with Gasteiger partial charge in [-0.15, -0.1) is 5.10 Å². The van der Waals surface area contributed by atoms with Crippen LogP contribution in [0.2, 0.25) is 5.02 Å². The summed E-state index contributed by atoms with van der Waals surface area (Å²) in [6.45, 7) is 9.73. The molecule has 0 spiro atoms. The van der Waals surface area contributed by atoms with Crippen LogP contribution in [0.1, 0.15) is 17.0 Å². The highest BCUT2D eigenvalue weighted by molar-refractivity contribution is 7.71. The summed E-state index contributed by atoms with van der Waals surface area (Å²) in [6, 6.07) is 10.1. The molecule has 1 fully saturated rings. The molecule has 0 N–H and O–H groups in total. The van der Waals surface area contributed by atoms with E-state index in [1.807, 2.05) is 41.1 Å². The van der Waals surface area contributed by atoms with Crippen LogP contribution in [0.4, 0.5) is 0 Å². The van der Waals surface area contributed by atoms with E-state index in [4.69, 9.17) is 23.8 Å². The van der Waals surface area contributed by atoms with Crippen LogP contribution in [0, 0.1) is 18.6 Å². The molecule has 6 nitrogen and oxygen atoms in total. The van der Waals surface area contributed by atoms with Crippen molar-refractivity contribution >= 4 is 29.6 Å². The molecular weight excluding hydrogens is 380 g/mol. The summed E-state index contributed by atoms with van der Waals surface area (Å²) in [4.78, 5) is 9.37. The van der Waals surface area contributed by atoms with Gasteiger partial charge in [-0.2, -0.15) is 0 Å². The van der Waals surface area contributed by atoms with E-state index in [2.05, 4.69) is 32.0 Å². The first-order valence-corrected chi connectivity index (χ1v) is 9.91. The van der Waals surface area contributed by atoms with Crippen molar-refractivity contribution in [3.63, 3.8) is 0 Å². The average Bonchev–Trinajstić information content (AvgIpc) is 2.94. The quantitative estimate of drug-likeness (QED) is 0.626. The maximum atomic E-state index is 5.97. The summed E-state index contributed by atoms with van der Waals surface area (Å²) < 4.78 is 4.54. The first kappa shape index (κ1) is 18.6. The van der Waals surface area contributed by atoms with Crippen molar-refractivity contribution in [2.24, 2.45) is 0 Å². The van der Waals surface area contributed by atoms with Gasteiger partial charge in [-0.1, -0.05) is 23.7 Å². The third kappa shape index (κ3) is 4.06. The monoisotopic (exact) mass is 402 g/mol. The molecule has 142 valence electrons. The van der Waals surface area contributed by atoms with Crippen LogP contribution < -0.4 is 0 Å². The Labute approximate surface area is 169 Å². The number of halogens is 1. The SMILES string of the molecule is Cc1cc(C)n2c(=S)n(CN3CCN(Cc4ccc(Cl)cc4)CC3)nc2n1. The molecule has 0 radical (unpaired) electrons. The van der Waals surface area contributed by atoms with Crippen LogP contribution in [-0.4, -0.2) is 55.1 Å². The highest BCUT2D eigenvalue weighted by Gasteiger charge is 2.18. The zero-order valence-corrected chi connectivity index (χ0v) is 17.2. The summed E-state index contributed by atoms with van der Waals surface area (Å²) >= 11 is 11.6. The molecule has 0 saturated carbocycles. The zero-order valence-electron chi connectivity index (χ0n) is 15.6. The molecule has 0 amide bonds. The number of aryl methyl sites for hydroxylation is 2. The lowest BCUT2D eigenvalue weighted by atomic mass is 10.2. The van der Waals surface area contributed by atoms with Gasteiger partial charge in [0.2, 0.25) is 4.77 Å². The third-order valence-corrected chi connectivity index (χ3v) is 5.63. The molecule has 1 aliphatic rings. The number of piperazine rings is 1. The van der Waals surface area contributed by atoms with E-state index in [0.717, 1.165) is 49.1 Å². The van der Waals surface area contributed by atoms with E-state index in [1.54, 1.807) is 0 Å². The van der Waals surface area contributed by atoms with E-state index in [9.17, 15) is 0 Å². The minimum Gasteiger partial charge on any atom is -0.297 e. The van der Waals surface area contributed by atoms with Crippen molar-refractivity contribution in [3.8, 4) is 0 Å². The molecule has 1 saturated heterocycles. The highest BCUT2D eigenvalue weighted by Crippen LogP contribution is 2.14. The minimum atomic E-state index is 0.680. The molecule has 2 aromatic heterocycles. The number of fused-ring (bicyclic) bond motifs is 1. The van der Waals surface area contributed by atoms with Crippen molar-refractivity contribution < 1.29 is 0 Å². The number of aromatic nitrogens is 4. The van der Waals surface area contributed by atoms with E-state index < -0.39 is 0 Å². The van der Waals surface area contributed by atoms with Crippen LogP contribution >= 0.6 is 23.8 Å². The van der Waals surface area contributed by atoms with Gasteiger partial charge in [0, 0.05) is 49.1 Å². The highest BCUT2D eigenvalue weighted by atomic mass is 35.5. The second kappa shape index (κ2) is 7.67. The van der Waals surface area contributed by atoms with Crippen LogP contribution in [0.5, 0.6) is 0 Å². The predicted molar refractivity (Wildman–Crippen MR) is 110 cm³/mol. The molecule has 3 heterocycles. The van der Waals surface area contributed by atoms with Crippen LogP contribution in [0.15, 0.2) is 30.3 Å². The minimum absolute atomic E-state index is 0.680. The van der Waals surface area contributed by atoms with Gasteiger partial charge in [0.05, 0.1) is 6.67 Å². The maximum Gasteiger partial charge on any atom is 0.254 e. The Hall–Kier alpha value is -1.80. The molecule has 3 aromatic rings. The topological polar surface area (TPSA) is 41.6 Å². The Morgan fingerprint density at radius 1 is 1.04 bits per heavy atom. The largest absolute Gasteiger partial charge is 0.297 e. The molecule has 8 heteroatoms. The van der Waals surface area contributed by atoms with Gasteiger partial charge in [0.15, 0.2) is 0 Å². The first-order valence-electron chi connectivity index (χ1n) is 9.12. The standard InChI is InChI=1S/C19H23ClN6S/c1-14-11-15(2)26-18(21-14)22-25(19(26)27)13-24-9-7-23(8-10-24)12-16-3-5-17(20)6-4-16/h3-6,11H,7-10,12-13H2,1-2H3. The summed E-state index contributed by atoms with van der Waals surface area (Å²) in [7, 11) is 0.